The molecule has 0 aliphatic carbocycles. The SMILES string of the molecule is C=C[CH+]CCCC. The molecule has 0 amide bonds. The Morgan fingerprint density at radius 2 is 2.43 bits per heavy atom. The normalized spacial score (nSPS) is 8.14. The van der Waals surface area contributed by atoms with Crippen LogP contribution < -0.4 is 0 Å². The standard InChI is InChI=1S/C7H13/c1-3-5-7-6-4-2/h3,5H,1,4,6-7H2,2H3/q+1. The molecule has 40 valence electrons. The van der Waals surface area contributed by atoms with Gasteiger partial charge in [0.1, 0.15) is 0 Å². The Balaban J connectivity index is 2.56. The van der Waals surface area contributed by atoms with Gasteiger partial charge in [0, 0.05) is 19.4 Å². The Hall–Kier alpha value is -0.390. The van der Waals surface area contributed by atoms with Gasteiger partial charge in [-0.2, -0.15) is 0 Å². The molecule has 0 N–H and O–H groups in total. The molecule has 0 saturated carbocycles. The first-order valence-electron chi connectivity index (χ1n) is 2.86. The van der Waals surface area contributed by atoms with Crippen LogP contribution in [0.3, 0.4) is 0 Å². The van der Waals surface area contributed by atoms with E-state index in [9.17, 15) is 0 Å². The van der Waals surface area contributed by atoms with Crippen LogP contribution in [0.5, 0.6) is 0 Å². The predicted octanol–water partition coefficient (Wildman–Crippen LogP) is 2.57. The van der Waals surface area contributed by atoms with Gasteiger partial charge in [0.15, 0.2) is 0 Å². The van der Waals surface area contributed by atoms with E-state index in [1.54, 1.807) is 0 Å². The smallest absolute Gasteiger partial charge is 0.0653 e. The van der Waals surface area contributed by atoms with Gasteiger partial charge in [-0.3, -0.25) is 0 Å². The van der Waals surface area contributed by atoms with Crippen molar-refractivity contribution in [3.8, 4) is 0 Å². The van der Waals surface area contributed by atoms with Crippen LogP contribution in [0, 0.1) is 6.42 Å². The average molecular weight is 97.2 g/mol. The molecule has 0 aromatic carbocycles. The van der Waals surface area contributed by atoms with E-state index in [2.05, 4.69) is 19.9 Å². The van der Waals surface area contributed by atoms with Crippen molar-refractivity contribution in [3.63, 3.8) is 0 Å². The predicted molar refractivity (Wildman–Crippen MR) is 34.0 cm³/mol. The van der Waals surface area contributed by atoms with Gasteiger partial charge < -0.3 is 0 Å². The topological polar surface area (TPSA) is 0 Å². The number of unbranched alkanes of at least 4 members (excludes halogenated alkanes) is 3. The maximum absolute atomic E-state index is 3.58. The first-order chi connectivity index (χ1) is 3.41. The molecule has 0 saturated heterocycles. The van der Waals surface area contributed by atoms with Crippen LogP contribution in [-0.2, 0) is 0 Å². The molecule has 0 rings (SSSR count). The Labute approximate surface area is 46.2 Å². The minimum absolute atomic E-state index is 1.19. The molecule has 0 atom stereocenters. The summed E-state index contributed by atoms with van der Waals surface area (Å²) < 4.78 is 0. The van der Waals surface area contributed by atoms with Crippen LogP contribution in [-0.4, -0.2) is 0 Å². The van der Waals surface area contributed by atoms with Crippen LogP contribution >= 0.6 is 0 Å². The zero-order chi connectivity index (χ0) is 5.54. The molecule has 0 unspecified atom stereocenters. The lowest BCUT2D eigenvalue weighted by Crippen LogP contribution is -1.69. The monoisotopic (exact) mass is 97.1 g/mol. The minimum atomic E-state index is 1.19. The molecule has 0 bridgehead atoms. The van der Waals surface area contributed by atoms with Crippen LogP contribution in [0.4, 0.5) is 0 Å². The van der Waals surface area contributed by atoms with Crippen LogP contribution in [0.25, 0.3) is 0 Å². The van der Waals surface area contributed by atoms with E-state index in [0.29, 0.717) is 0 Å². The third-order valence-electron chi connectivity index (χ3n) is 0.891. The lowest BCUT2D eigenvalue weighted by molar-refractivity contribution is 0.795. The Kier molecular flexibility index (Phi) is 5.30. The Morgan fingerprint density at radius 1 is 1.71 bits per heavy atom. The second kappa shape index (κ2) is 5.61. The van der Waals surface area contributed by atoms with Gasteiger partial charge in [0.05, 0.1) is 6.08 Å². The summed E-state index contributed by atoms with van der Waals surface area (Å²) in [6, 6.07) is 0. The summed E-state index contributed by atoms with van der Waals surface area (Å²) in [5.74, 6) is 0. The summed E-state index contributed by atoms with van der Waals surface area (Å²) in [5, 5.41) is 0. The van der Waals surface area contributed by atoms with Crippen LogP contribution in [0.2, 0.25) is 0 Å². The van der Waals surface area contributed by atoms with Crippen molar-refractivity contribution >= 4 is 0 Å². The summed E-state index contributed by atoms with van der Waals surface area (Å²) >= 11 is 0. The molecule has 7 heavy (non-hydrogen) atoms. The van der Waals surface area contributed by atoms with E-state index in [1.165, 1.54) is 19.3 Å². The highest BCUT2D eigenvalue weighted by Gasteiger charge is 1.83. The molecule has 0 spiro atoms. The van der Waals surface area contributed by atoms with Gasteiger partial charge in [-0.15, -0.1) is 0 Å². The lowest BCUT2D eigenvalue weighted by Gasteiger charge is -1.82. The molecule has 0 heterocycles. The fourth-order valence-corrected chi connectivity index (χ4v) is 0.440. The van der Waals surface area contributed by atoms with Crippen molar-refractivity contribution in [1.82, 2.24) is 0 Å². The molecule has 0 aliphatic rings. The highest BCUT2D eigenvalue weighted by molar-refractivity contribution is 4.85. The third kappa shape index (κ3) is 5.61. The highest BCUT2D eigenvalue weighted by atomic mass is 13.8. The first-order valence-corrected chi connectivity index (χ1v) is 2.86. The van der Waals surface area contributed by atoms with Crippen molar-refractivity contribution in [3.05, 3.63) is 19.1 Å². The summed E-state index contributed by atoms with van der Waals surface area (Å²) in [4.78, 5) is 0. The number of rotatable bonds is 4. The molecular formula is C7H13+. The van der Waals surface area contributed by atoms with E-state index in [0.717, 1.165) is 0 Å². The molecule has 0 nitrogen and oxygen atoms in total. The minimum Gasteiger partial charge on any atom is -0.0653 e. The van der Waals surface area contributed by atoms with E-state index in [4.69, 9.17) is 0 Å². The van der Waals surface area contributed by atoms with Crippen molar-refractivity contribution in [2.45, 2.75) is 26.2 Å². The van der Waals surface area contributed by atoms with Gasteiger partial charge in [-0.25, -0.2) is 0 Å². The second-order valence-corrected chi connectivity index (χ2v) is 1.61. The fraction of sp³-hybridized carbons (Fsp3) is 0.571. The van der Waals surface area contributed by atoms with E-state index in [-0.39, 0.29) is 0 Å². The molecule has 0 aliphatic heterocycles. The van der Waals surface area contributed by atoms with E-state index < -0.39 is 0 Å². The van der Waals surface area contributed by atoms with E-state index in [1.807, 2.05) is 6.08 Å². The summed E-state index contributed by atoms with van der Waals surface area (Å²) in [5.41, 5.74) is 0. The summed E-state index contributed by atoms with van der Waals surface area (Å²) in [6.45, 7) is 5.77. The molecular weight excluding hydrogens is 84.1 g/mol. The highest BCUT2D eigenvalue weighted by Crippen LogP contribution is 1.96. The summed E-state index contributed by atoms with van der Waals surface area (Å²) in [6.07, 6.45) is 7.73. The van der Waals surface area contributed by atoms with Gasteiger partial charge >= 0.3 is 0 Å². The fourth-order valence-electron chi connectivity index (χ4n) is 0.440. The van der Waals surface area contributed by atoms with E-state index >= 15 is 0 Å². The van der Waals surface area contributed by atoms with Gasteiger partial charge in [0.2, 0.25) is 0 Å². The van der Waals surface area contributed by atoms with Gasteiger partial charge in [-0.05, 0) is 6.42 Å². The van der Waals surface area contributed by atoms with Crippen molar-refractivity contribution in [2.24, 2.45) is 0 Å². The first kappa shape index (κ1) is 6.61. The van der Waals surface area contributed by atoms with Gasteiger partial charge in [-0.1, -0.05) is 13.3 Å². The van der Waals surface area contributed by atoms with Crippen molar-refractivity contribution in [2.75, 3.05) is 0 Å². The zero-order valence-electron chi connectivity index (χ0n) is 4.98. The third-order valence-corrected chi connectivity index (χ3v) is 0.891. The zero-order valence-corrected chi connectivity index (χ0v) is 4.98. The Morgan fingerprint density at radius 3 is 2.86 bits per heavy atom. The van der Waals surface area contributed by atoms with Crippen LogP contribution in [0.1, 0.15) is 26.2 Å². The number of hydrogen-bond donors (Lipinski definition) is 0. The largest absolute Gasteiger partial charge is 0.0864 e. The van der Waals surface area contributed by atoms with Crippen LogP contribution in [0.15, 0.2) is 12.7 Å². The average Bonchev–Trinajstić information content (AvgIpc) is 1.69. The molecule has 0 aromatic heterocycles. The Bertz CT molecular complexity index is 37.3. The lowest BCUT2D eigenvalue weighted by atomic mass is 10.2. The number of allylic oxidation sites excluding steroid dienone is 1. The quantitative estimate of drug-likeness (QED) is 0.373. The maximum atomic E-state index is 3.58. The van der Waals surface area contributed by atoms with Crippen molar-refractivity contribution in [1.29, 1.82) is 0 Å². The maximum Gasteiger partial charge on any atom is 0.0864 e. The summed E-state index contributed by atoms with van der Waals surface area (Å²) in [7, 11) is 0. The number of hydrogen-bond acceptors (Lipinski definition) is 0. The van der Waals surface area contributed by atoms with Gasteiger partial charge in [0.25, 0.3) is 0 Å². The molecule has 0 radical (unpaired) electrons. The molecule has 0 fully saturated rings. The van der Waals surface area contributed by atoms with Crippen molar-refractivity contribution < 1.29 is 0 Å². The molecule has 0 aromatic rings. The second-order valence-electron chi connectivity index (χ2n) is 1.61. The molecule has 0 heteroatoms.